The molecular weight excluding hydrogens is 330 g/mol. The largest absolute Gasteiger partial charge is 0.493 e. The van der Waals surface area contributed by atoms with Gasteiger partial charge in [-0.05, 0) is 24.1 Å². The summed E-state index contributed by atoms with van der Waals surface area (Å²) in [6, 6.07) is 3.86. The molecule has 1 rings (SSSR count). The van der Waals surface area contributed by atoms with E-state index in [4.69, 9.17) is 14.2 Å². The van der Waals surface area contributed by atoms with E-state index in [1.807, 2.05) is 12.1 Å². The molecule has 0 saturated carbocycles. The topological polar surface area (TPSA) is 60.0 Å². The minimum Gasteiger partial charge on any atom is -0.493 e. The summed E-state index contributed by atoms with van der Waals surface area (Å²) in [6.07, 6.45) is 9.45. The van der Waals surface area contributed by atoms with E-state index in [2.05, 4.69) is 12.2 Å². The second kappa shape index (κ2) is 13.7. The molecule has 0 heterocycles. The number of benzene rings is 1. The van der Waals surface area contributed by atoms with Crippen LogP contribution in [-0.4, -0.2) is 39.1 Å². The Balaban J connectivity index is 2.30. The molecule has 0 aliphatic carbocycles. The summed E-state index contributed by atoms with van der Waals surface area (Å²) in [5.74, 6) is 1.89. The van der Waals surface area contributed by atoms with Crippen molar-refractivity contribution in [1.29, 1.82) is 0 Å². The number of hydrogen-bond acceptors (Lipinski definition) is 5. The van der Waals surface area contributed by atoms with Gasteiger partial charge in [0.15, 0.2) is 11.5 Å². The summed E-state index contributed by atoms with van der Waals surface area (Å²) >= 11 is 0. The molecule has 1 unspecified atom stereocenters. The Hall–Kier alpha value is -1.46. The van der Waals surface area contributed by atoms with Gasteiger partial charge in [0.05, 0.1) is 27.4 Å². The van der Waals surface area contributed by atoms with Gasteiger partial charge in [-0.2, -0.15) is 0 Å². The second-order valence-corrected chi connectivity index (χ2v) is 6.73. The molecule has 0 saturated heterocycles. The molecule has 1 aromatic rings. The minimum absolute atomic E-state index is 0.298. The van der Waals surface area contributed by atoms with Crippen LogP contribution in [0.1, 0.15) is 63.9 Å². The molecule has 0 amide bonds. The SMILES string of the molecule is CCCCCCCCCC(O)CNCc1cc(OC)c(OC)c(OC)c1. The fourth-order valence-electron chi connectivity index (χ4n) is 3.06. The first kappa shape index (κ1) is 22.6. The van der Waals surface area contributed by atoms with Crippen LogP contribution >= 0.6 is 0 Å². The highest BCUT2D eigenvalue weighted by atomic mass is 16.5. The van der Waals surface area contributed by atoms with Gasteiger partial charge in [-0.25, -0.2) is 0 Å². The van der Waals surface area contributed by atoms with Crippen LogP contribution in [0.25, 0.3) is 0 Å². The van der Waals surface area contributed by atoms with Crippen molar-refractivity contribution < 1.29 is 19.3 Å². The quantitative estimate of drug-likeness (QED) is 0.453. The molecule has 0 aliphatic heterocycles. The summed E-state index contributed by atoms with van der Waals surface area (Å²) in [6.45, 7) is 3.47. The van der Waals surface area contributed by atoms with Crippen molar-refractivity contribution in [3.63, 3.8) is 0 Å². The number of ether oxygens (including phenoxy) is 3. The highest BCUT2D eigenvalue weighted by Crippen LogP contribution is 2.38. The zero-order chi connectivity index (χ0) is 19.2. The first-order chi connectivity index (χ1) is 12.7. The van der Waals surface area contributed by atoms with Gasteiger partial charge in [-0.3, -0.25) is 0 Å². The van der Waals surface area contributed by atoms with E-state index in [1.54, 1.807) is 21.3 Å². The number of aliphatic hydroxyl groups excluding tert-OH is 1. The van der Waals surface area contributed by atoms with Crippen molar-refractivity contribution in [3.05, 3.63) is 17.7 Å². The van der Waals surface area contributed by atoms with Crippen LogP contribution in [0, 0.1) is 0 Å². The summed E-state index contributed by atoms with van der Waals surface area (Å²) < 4.78 is 16.1. The number of methoxy groups -OCH3 is 3. The number of aliphatic hydroxyl groups is 1. The third-order valence-electron chi connectivity index (χ3n) is 4.57. The molecule has 0 spiro atoms. The van der Waals surface area contributed by atoms with Crippen molar-refractivity contribution >= 4 is 0 Å². The average Bonchev–Trinajstić information content (AvgIpc) is 2.66. The van der Waals surface area contributed by atoms with Crippen molar-refractivity contribution in [1.82, 2.24) is 5.32 Å². The van der Waals surface area contributed by atoms with Gasteiger partial charge in [0.1, 0.15) is 0 Å². The van der Waals surface area contributed by atoms with E-state index in [9.17, 15) is 5.11 Å². The monoisotopic (exact) mass is 367 g/mol. The second-order valence-electron chi connectivity index (χ2n) is 6.73. The van der Waals surface area contributed by atoms with Crippen LogP contribution in [0.5, 0.6) is 17.2 Å². The number of hydrogen-bond donors (Lipinski definition) is 2. The molecule has 150 valence electrons. The third-order valence-corrected chi connectivity index (χ3v) is 4.57. The van der Waals surface area contributed by atoms with E-state index < -0.39 is 0 Å². The lowest BCUT2D eigenvalue weighted by atomic mass is 10.1. The van der Waals surface area contributed by atoms with Crippen molar-refractivity contribution in [2.75, 3.05) is 27.9 Å². The Labute approximate surface area is 159 Å². The Bertz CT molecular complexity index is 468. The first-order valence-electron chi connectivity index (χ1n) is 9.83. The van der Waals surface area contributed by atoms with E-state index >= 15 is 0 Å². The fourth-order valence-corrected chi connectivity index (χ4v) is 3.06. The van der Waals surface area contributed by atoms with Gasteiger partial charge >= 0.3 is 0 Å². The van der Waals surface area contributed by atoms with E-state index in [0.717, 1.165) is 18.4 Å². The number of unbranched alkanes of at least 4 members (excludes halogenated alkanes) is 6. The van der Waals surface area contributed by atoms with Crippen molar-refractivity contribution in [2.24, 2.45) is 0 Å². The van der Waals surface area contributed by atoms with E-state index in [-0.39, 0.29) is 6.10 Å². The van der Waals surface area contributed by atoms with Crippen molar-refractivity contribution in [2.45, 2.75) is 70.9 Å². The molecule has 1 atom stereocenters. The van der Waals surface area contributed by atoms with Crippen LogP contribution < -0.4 is 19.5 Å². The molecule has 0 aliphatic rings. The maximum Gasteiger partial charge on any atom is 0.203 e. The molecular formula is C21H37NO4. The van der Waals surface area contributed by atoms with E-state index in [0.29, 0.717) is 30.3 Å². The molecule has 1 aromatic carbocycles. The van der Waals surface area contributed by atoms with Crippen LogP contribution in [0.3, 0.4) is 0 Å². The number of rotatable bonds is 15. The summed E-state index contributed by atoms with van der Waals surface area (Å²) in [4.78, 5) is 0. The Kier molecular flexibility index (Phi) is 11.9. The fraction of sp³-hybridized carbons (Fsp3) is 0.714. The molecule has 5 heteroatoms. The maximum absolute atomic E-state index is 10.1. The highest BCUT2D eigenvalue weighted by molar-refractivity contribution is 5.53. The molecule has 0 bridgehead atoms. The zero-order valence-corrected chi connectivity index (χ0v) is 17.0. The summed E-state index contributed by atoms with van der Waals surface area (Å²) in [7, 11) is 4.82. The lowest BCUT2D eigenvalue weighted by Crippen LogP contribution is -2.26. The van der Waals surface area contributed by atoms with Crippen LogP contribution in [-0.2, 0) is 6.54 Å². The molecule has 5 nitrogen and oxygen atoms in total. The summed E-state index contributed by atoms with van der Waals surface area (Å²) in [5.41, 5.74) is 1.03. The van der Waals surface area contributed by atoms with E-state index in [1.165, 1.54) is 38.5 Å². The van der Waals surface area contributed by atoms with Gasteiger partial charge in [0.25, 0.3) is 0 Å². The lowest BCUT2D eigenvalue weighted by Gasteiger charge is -2.15. The minimum atomic E-state index is -0.298. The molecule has 0 radical (unpaired) electrons. The summed E-state index contributed by atoms with van der Waals surface area (Å²) in [5, 5.41) is 13.4. The lowest BCUT2D eigenvalue weighted by molar-refractivity contribution is 0.157. The maximum atomic E-state index is 10.1. The molecule has 0 fully saturated rings. The van der Waals surface area contributed by atoms with Crippen molar-refractivity contribution in [3.8, 4) is 17.2 Å². The highest BCUT2D eigenvalue weighted by Gasteiger charge is 2.13. The zero-order valence-electron chi connectivity index (χ0n) is 17.0. The average molecular weight is 368 g/mol. The number of nitrogens with one attached hydrogen (secondary N) is 1. The standard InChI is InChI=1S/C21H37NO4/c1-5-6-7-8-9-10-11-12-18(23)16-22-15-17-13-19(24-2)21(26-4)20(14-17)25-3/h13-14,18,22-23H,5-12,15-16H2,1-4H3. The Morgan fingerprint density at radius 3 is 2.00 bits per heavy atom. The predicted octanol–water partition coefficient (Wildman–Crippen LogP) is 4.30. The van der Waals surface area contributed by atoms with Crippen LogP contribution in [0.4, 0.5) is 0 Å². The Morgan fingerprint density at radius 2 is 1.46 bits per heavy atom. The molecule has 0 aromatic heterocycles. The molecule has 2 N–H and O–H groups in total. The normalized spacial score (nSPS) is 12.0. The van der Waals surface area contributed by atoms with Gasteiger partial charge in [0.2, 0.25) is 5.75 Å². The smallest absolute Gasteiger partial charge is 0.203 e. The first-order valence-corrected chi connectivity index (χ1v) is 9.83. The molecule has 26 heavy (non-hydrogen) atoms. The van der Waals surface area contributed by atoms with Crippen LogP contribution in [0.15, 0.2) is 12.1 Å². The van der Waals surface area contributed by atoms with Gasteiger partial charge < -0.3 is 24.6 Å². The Morgan fingerprint density at radius 1 is 0.885 bits per heavy atom. The van der Waals surface area contributed by atoms with Gasteiger partial charge in [0, 0.05) is 13.1 Å². The van der Waals surface area contributed by atoms with Gasteiger partial charge in [-0.15, -0.1) is 0 Å². The van der Waals surface area contributed by atoms with Crippen LogP contribution in [0.2, 0.25) is 0 Å². The third kappa shape index (κ3) is 8.28. The van der Waals surface area contributed by atoms with Gasteiger partial charge in [-0.1, -0.05) is 51.9 Å². The predicted molar refractivity (Wildman–Crippen MR) is 106 cm³/mol.